The van der Waals surface area contributed by atoms with Crippen LogP contribution in [0.4, 0.5) is 0 Å². The standard InChI is InChI=1S/C20H22O8/c1-23-14-7-6-12(8-16(14)24-2)15(11-19(21)22)28-13-9-17(25-3)20(27-5)18(10-13)26-4/h6-11H,1-5H3,(H,21,22)/b15-11+. The van der Waals surface area contributed by atoms with E-state index in [1.807, 2.05) is 0 Å². The Hall–Kier alpha value is -3.55. The molecule has 150 valence electrons. The zero-order chi connectivity index (χ0) is 20.7. The predicted molar refractivity (Wildman–Crippen MR) is 102 cm³/mol. The molecule has 0 fully saturated rings. The molecular formula is C20H22O8. The van der Waals surface area contributed by atoms with Gasteiger partial charge in [0.25, 0.3) is 0 Å². The third-order valence-electron chi connectivity index (χ3n) is 3.79. The van der Waals surface area contributed by atoms with Gasteiger partial charge in [-0.05, 0) is 18.2 Å². The molecule has 2 aromatic carbocycles. The molecule has 0 bridgehead atoms. The number of hydrogen-bond donors (Lipinski definition) is 1. The van der Waals surface area contributed by atoms with Crippen LogP contribution < -0.4 is 28.4 Å². The maximum Gasteiger partial charge on any atom is 0.332 e. The summed E-state index contributed by atoms with van der Waals surface area (Å²) in [6.07, 6.45) is 0.949. The van der Waals surface area contributed by atoms with Gasteiger partial charge >= 0.3 is 5.97 Å². The van der Waals surface area contributed by atoms with E-state index in [0.717, 1.165) is 6.08 Å². The van der Waals surface area contributed by atoms with Gasteiger partial charge < -0.3 is 33.5 Å². The van der Waals surface area contributed by atoms with Gasteiger partial charge in [-0.3, -0.25) is 0 Å². The summed E-state index contributed by atoms with van der Waals surface area (Å²) in [5.74, 6) is 1.31. The number of hydrogen-bond acceptors (Lipinski definition) is 7. The number of ether oxygens (including phenoxy) is 6. The highest BCUT2D eigenvalue weighted by Crippen LogP contribution is 2.42. The molecule has 0 aliphatic rings. The SMILES string of the molecule is COc1ccc(/C(=C\C(=O)O)Oc2cc(OC)c(OC)c(OC)c2)cc1OC. The summed E-state index contributed by atoms with van der Waals surface area (Å²) in [5.41, 5.74) is 0.480. The van der Waals surface area contributed by atoms with Gasteiger partial charge in [-0.15, -0.1) is 0 Å². The smallest absolute Gasteiger partial charge is 0.332 e. The Morgan fingerprint density at radius 3 is 1.82 bits per heavy atom. The first-order valence-electron chi connectivity index (χ1n) is 8.12. The van der Waals surface area contributed by atoms with E-state index < -0.39 is 5.97 Å². The van der Waals surface area contributed by atoms with Gasteiger partial charge in [0.2, 0.25) is 5.75 Å². The quantitative estimate of drug-likeness (QED) is 0.515. The lowest BCUT2D eigenvalue weighted by Gasteiger charge is -2.16. The van der Waals surface area contributed by atoms with E-state index in [-0.39, 0.29) is 5.76 Å². The number of aliphatic carboxylic acids is 1. The molecule has 8 nitrogen and oxygen atoms in total. The van der Waals surface area contributed by atoms with Crippen LogP contribution in [-0.4, -0.2) is 46.6 Å². The molecule has 0 aliphatic carbocycles. The lowest BCUT2D eigenvalue weighted by atomic mass is 10.1. The van der Waals surface area contributed by atoms with E-state index in [1.165, 1.54) is 35.5 Å². The highest BCUT2D eigenvalue weighted by molar-refractivity contribution is 5.89. The van der Waals surface area contributed by atoms with Crippen LogP contribution >= 0.6 is 0 Å². The van der Waals surface area contributed by atoms with Crippen molar-refractivity contribution in [1.29, 1.82) is 0 Å². The summed E-state index contributed by atoms with van der Waals surface area (Å²) >= 11 is 0. The van der Waals surface area contributed by atoms with Gasteiger partial charge in [0.15, 0.2) is 23.0 Å². The molecule has 0 saturated carbocycles. The lowest BCUT2D eigenvalue weighted by molar-refractivity contribution is -0.131. The first-order chi connectivity index (χ1) is 13.5. The zero-order valence-electron chi connectivity index (χ0n) is 16.3. The molecule has 2 aromatic rings. The maximum atomic E-state index is 11.3. The molecule has 0 spiro atoms. The van der Waals surface area contributed by atoms with Crippen LogP contribution in [0.15, 0.2) is 36.4 Å². The Kier molecular flexibility index (Phi) is 6.97. The zero-order valence-corrected chi connectivity index (χ0v) is 16.3. The summed E-state index contributed by atoms with van der Waals surface area (Å²) < 4.78 is 32.2. The number of carboxylic acid groups (broad SMARTS) is 1. The molecule has 2 rings (SSSR count). The van der Waals surface area contributed by atoms with Gasteiger partial charge in [0.05, 0.1) is 41.6 Å². The Balaban J connectivity index is 2.51. The molecule has 28 heavy (non-hydrogen) atoms. The summed E-state index contributed by atoms with van der Waals surface area (Å²) in [5, 5.41) is 9.25. The van der Waals surface area contributed by atoms with Crippen molar-refractivity contribution in [2.45, 2.75) is 0 Å². The average molecular weight is 390 g/mol. The molecule has 0 saturated heterocycles. The number of rotatable bonds is 9. The van der Waals surface area contributed by atoms with Crippen LogP contribution in [0.1, 0.15) is 5.56 Å². The second-order valence-electron chi connectivity index (χ2n) is 5.38. The van der Waals surface area contributed by atoms with Crippen LogP contribution in [0.25, 0.3) is 5.76 Å². The van der Waals surface area contributed by atoms with Gasteiger partial charge in [0.1, 0.15) is 11.5 Å². The minimum atomic E-state index is -1.17. The van der Waals surface area contributed by atoms with Crippen LogP contribution in [0.2, 0.25) is 0 Å². The highest BCUT2D eigenvalue weighted by atomic mass is 16.5. The Bertz CT molecular complexity index is 847. The van der Waals surface area contributed by atoms with E-state index in [0.29, 0.717) is 40.1 Å². The molecule has 0 aromatic heterocycles. The van der Waals surface area contributed by atoms with Crippen LogP contribution in [0.3, 0.4) is 0 Å². The van der Waals surface area contributed by atoms with Crippen molar-refractivity contribution in [3.05, 3.63) is 42.0 Å². The molecule has 0 atom stereocenters. The topological polar surface area (TPSA) is 92.7 Å². The second-order valence-corrected chi connectivity index (χ2v) is 5.38. The van der Waals surface area contributed by atoms with Crippen LogP contribution in [-0.2, 0) is 4.79 Å². The molecule has 8 heteroatoms. The van der Waals surface area contributed by atoms with Crippen molar-refractivity contribution in [3.63, 3.8) is 0 Å². The number of carbonyl (C=O) groups is 1. The fourth-order valence-electron chi connectivity index (χ4n) is 2.52. The van der Waals surface area contributed by atoms with E-state index in [1.54, 1.807) is 30.3 Å². The first-order valence-corrected chi connectivity index (χ1v) is 8.12. The molecule has 0 aliphatic heterocycles. The van der Waals surface area contributed by atoms with E-state index in [2.05, 4.69) is 0 Å². The Morgan fingerprint density at radius 1 is 0.786 bits per heavy atom. The number of methoxy groups -OCH3 is 5. The molecular weight excluding hydrogens is 368 g/mol. The summed E-state index contributed by atoms with van der Waals surface area (Å²) in [6.45, 7) is 0. The molecule has 0 heterocycles. The molecule has 0 radical (unpaired) electrons. The normalized spacial score (nSPS) is 10.8. The fourth-order valence-corrected chi connectivity index (χ4v) is 2.52. The van der Waals surface area contributed by atoms with Crippen molar-refractivity contribution < 1.29 is 38.3 Å². The van der Waals surface area contributed by atoms with Crippen molar-refractivity contribution in [2.24, 2.45) is 0 Å². The van der Waals surface area contributed by atoms with Gasteiger partial charge in [0, 0.05) is 17.7 Å². The van der Waals surface area contributed by atoms with Crippen molar-refractivity contribution in [1.82, 2.24) is 0 Å². The second kappa shape index (κ2) is 9.40. The number of carboxylic acids is 1. The Labute approximate surface area is 162 Å². The van der Waals surface area contributed by atoms with Gasteiger partial charge in [-0.2, -0.15) is 0 Å². The van der Waals surface area contributed by atoms with E-state index in [4.69, 9.17) is 28.4 Å². The molecule has 0 unspecified atom stereocenters. The first kappa shape index (κ1) is 20.8. The fraction of sp³-hybridized carbons (Fsp3) is 0.250. The summed E-state index contributed by atoms with van der Waals surface area (Å²) in [4.78, 5) is 11.3. The number of benzene rings is 2. The van der Waals surface area contributed by atoms with Crippen LogP contribution in [0, 0.1) is 0 Å². The largest absolute Gasteiger partial charge is 0.493 e. The summed E-state index contributed by atoms with van der Waals surface area (Å²) in [7, 11) is 7.44. The van der Waals surface area contributed by atoms with Crippen molar-refractivity contribution >= 4 is 11.7 Å². The third kappa shape index (κ3) is 4.59. The molecule has 1 N–H and O–H groups in total. The highest BCUT2D eigenvalue weighted by Gasteiger charge is 2.17. The molecule has 0 amide bonds. The average Bonchev–Trinajstić information content (AvgIpc) is 2.71. The van der Waals surface area contributed by atoms with Crippen molar-refractivity contribution in [2.75, 3.05) is 35.5 Å². The third-order valence-corrected chi connectivity index (χ3v) is 3.79. The minimum absolute atomic E-state index is 0.0859. The monoisotopic (exact) mass is 390 g/mol. The maximum absolute atomic E-state index is 11.3. The minimum Gasteiger partial charge on any atom is -0.493 e. The van der Waals surface area contributed by atoms with Gasteiger partial charge in [-0.25, -0.2) is 4.79 Å². The Morgan fingerprint density at radius 2 is 1.36 bits per heavy atom. The van der Waals surface area contributed by atoms with Gasteiger partial charge in [-0.1, -0.05) is 0 Å². The van der Waals surface area contributed by atoms with E-state index >= 15 is 0 Å². The van der Waals surface area contributed by atoms with Crippen LogP contribution in [0.5, 0.6) is 34.5 Å². The van der Waals surface area contributed by atoms with E-state index in [9.17, 15) is 9.90 Å². The lowest BCUT2D eigenvalue weighted by Crippen LogP contribution is -2.02. The summed E-state index contributed by atoms with van der Waals surface area (Å²) in [6, 6.07) is 8.07. The van der Waals surface area contributed by atoms with Crippen molar-refractivity contribution in [3.8, 4) is 34.5 Å². The predicted octanol–water partition coefficient (Wildman–Crippen LogP) is 3.23.